The van der Waals surface area contributed by atoms with Gasteiger partial charge < -0.3 is 4.57 Å². The first-order valence-corrected chi connectivity index (χ1v) is 10.2. The molecule has 1 heterocycles. The molecule has 8 heteroatoms. The maximum atomic E-state index is 12.5. The summed E-state index contributed by atoms with van der Waals surface area (Å²) >= 11 is 10.7. The molecular formula is C15H12BrClN2O2S2. The van der Waals surface area contributed by atoms with Gasteiger partial charge in [0.2, 0.25) is 4.80 Å². The number of sulfonamides is 1. The quantitative estimate of drug-likeness (QED) is 0.616. The molecule has 0 saturated carbocycles. The van der Waals surface area contributed by atoms with E-state index in [0.29, 0.717) is 16.4 Å². The average Bonchev–Trinajstić information content (AvgIpc) is 2.85. The molecule has 0 unspecified atom stereocenters. The van der Waals surface area contributed by atoms with Gasteiger partial charge in [0, 0.05) is 16.0 Å². The SMILES string of the molecule is CCn1/c(=N/S(=O)(=O)c2ccc(Cl)cc2)sc2cccc(Br)c21. The van der Waals surface area contributed by atoms with Crippen LogP contribution in [0.4, 0.5) is 0 Å². The van der Waals surface area contributed by atoms with Crippen LogP contribution in [0.1, 0.15) is 6.92 Å². The van der Waals surface area contributed by atoms with Crippen LogP contribution < -0.4 is 4.80 Å². The molecule has 0 aliphatic heterocycles. The average molecular weight is 432 g/mol. The van der Waals surface area contributed by atoms with Crippen molar-refractivity contribution >= 4 is 59.1 Å². The van der Waals surface area contributed by atoms with Crippen LogP contribution in [0, 0.1) is 0 Å². The third kappa shape index (κ3) is 3.24. The molecule has 0 fully saturated rings. The van der Waals surface area contributed by atoms with E-state index in [0.717, 1.165) is 14.7 Å². The highest BCUT2D eigenvalue weighted by Gasteiger charge is 2.15. The van der Waals surface area contributed by atoms with Crippen molar-refractivity contribution in [3.63, 3.8) is 0 Å². The molecule has 120 valence electrons. The van der Waals surface area contributed by atoms with Crippen molar-refractivity contribution in [3.8, 4) is 0 Å². The molecule has 0 bridgehead atoms. The number of rotatable bonds is 3. The zero-order valence-corrected chi connectivity index (χ0v) is 16.0. The number of halogens is 2. The standard InChI is InChI=1S/C15H12BrClN2O2S2/c1-2-19-14-12(16)4-3-5-13(14)22-15(19)18-23(20,21)11-8-6-10(17)7-9-11/h3-9H,2H2,1H3/b18-15-. The summed E-state index contributed by atoms with van der Waals surface area (Å²) in [6, 6.07) is 11.8. The summed E-state index contributed by atoms with van der Waals surface area (Å²) in [5, 5.41) is 0.485. The van der Waals surface area contributed by atoms with E-state index in [2.05, 4.69) is 20.3 Å². The minimum Gasteiger partial charge on any atom is -0.315 e. The molecule has 3 rings (SSSR count). The predicted molar refractivity (Wildman–Crippen MR) is 97.4 cm³/mol. The molecule has 0 N–H and O–H groups in total. The molecule has 2 aromatic carbocycles. The number of fused-ring (bicyclic) bond motifs is 1. The Morgan fingerprint density at radius 1 is 1.22 bits per heavy atom. The molecule has 0 saturated heterocycles. The van der Waals surface area contributed by atoms with Crippen LogP contribution in [0.5, 0.6) is 0 Å². The Kier molecular flexibility index (Phi) is 4.64. The maximum absolute atomic E-state index is 12.5. The fourth-order valence-electron chi connectivity index (χ4n) is 2.21. The molecule has 23 heavy (non-hydrogen) atoms. The predicted octanol–water partition coefficient (Wildman–Crippen LogP) is 4.43. The van der Waals surface area contributed by atoms with Gasteiger partial charge in [-0.2, -0.15) is 8.42 Å². The Hall–Kier alpha value is -1.15. The van der Waals surface area contributed by atoms with Crippen molar-refractivity contribution in [3.05, 3.63) is 56.8 Å². The lowest BCUT2D eigenvalue weighted by Crippen LogP contribution is -2.16. The van der Waals surface area contributed by atoms with Crippen LogP contribution in [0.25, 0.3) is 10.2 Å². The number of benzene rings is 2. The summed E-state index contributed by atoms with van der Waals surface area (Å²) in [7, 11) is -3.78. The van der Waals surface area contributed by atoms with Gasteiger partial charge in [-0.1, -0.05) is 29.0 Å². The Labute approximate surface area is 151 Å². The molecule has 0 spiro atoms. The fourth-order valence-corrected chi connectivity index (χ4v) is 5.37. The summed E-state index contributed by atoms with van der Waals surface area (Å²) in [6.07, 6.45) is 0. The highest BCUT2D eigenvalue weighted by Crippen LogP contribution is 2.26. The van der Waals surface area contributed by atoms with Gasteiger partial charge in [0.15, 0.2) is 0 Å². The Morgan fingerprint density at radius 3 is 2.57 bits per heavy atom. The molecule has 0 aliphatic carbocycles. The number of thiazole rings is 1. The van der Waals surface area contributed by atoms with Crippen LogP contribution in [0.2, 0.25) is 5.02 Å². The largest absolute Gasteiger partial charge is 0.315 e. The van der Waals surface area contributed by atoms with E-state index >= 15 is 0 Å². The highest BCUT2D eigenvalue weighted by atomic mass is 79.9. The van der Waals surface area contributed by atoms with E-state index in [9.17, 15) is 8.42 Å². The van der Waals surface area contributed by atoms with Crippen molar-refractivity contribution in [1.82, 2.24) is 4.57 Å². The molecule has 0 radical (unpaired) electrons. The molecule has 0 aliphatic rings. The van der Waals surface area contributed by atoms with E-state index in [1.165, 1.54) is 23.5 Å². The number of aromatic nitrogens is 1. The van der Waals surface area contributed by atoms with Crippen molar-refractivity contribution in [2.75, 3.05) is 0 Å². The van der Waals surface area contributed by atoms with Gasteiger partial charge in [0.1, 0.15) is 0 Å². The van der Waals surface area contributed by atoms with Crippen LogP contribution in [0.15, 0.2) is 56.2 Å². The summed E-state index contributed by atoms with van der Waals surface area (Å²) in [4.78, 5) is 0.574. The van der Waals surface area contributed by atoms with Crippen molar-refractivity contribution in [2.45, 2.75) is 18.4 Å². The summed E-state index contributed by atoms with van der Waals surface area (Å²) in [5.41, 5.74) is 0.949. The Bertz CT molecular complexity index is 1040. The minimum atomic E-state index is -3.78. The smallest absolute Gasteiger partial charge is 0.285 e. The van der Waals surface area contributed by atoms with Crippen LogP contribution in [-0.2, 0) is 16.6 Å². The molecule has 0 amide bonds. The molecule has 1 aromatic heterocycles. The third-order valence-corrected chi connectivity index (χ3v) is 6.61. The van der Waals surface area contributed by atoms with Crippen LogP contribution in [-0.4, -0.2) is 13.0 Å². The number of hydrogen-bond acceptors (Lipinski definition) is 3. The maximum Gasteiger partial charge on any atom is 0.285 e. The monoisotopic (exact) mass is 430 g/mol. The lowest BCUT2D eigenvalue weighted by molar-refractivity contribution is 0.595. The van der Waals surface area contributed by atoms with Gasteiger partial charge >= 0.3 is 0 Å². The second-order valence-electron chi connectivity index (χ2n) is 4.74. The third-order valence-electron chi connectivity index (χ3n) is 3.28. The number of para-hydroxylation sites is 1. The first-order chi connectivity index (χ1) is 10.9. The molecular weight excluding hydrogens is 420 g/mol. The lowest BCUT2D eigenvalue weighted by Gasteiger charge is -2.02. The number of aryl methyl sites for hydroxylation is 1. The summed E-state index contributed by atoms with van der Waals surface area (Å²) in [6.45, 7) is 2.58. The van der Waals surface area contributed by atoms with Gasteiger partial charge in [0.25, 0.3) is 10.0 Å². The van der Waals surface area contributed by atoms with Crippen LogP contribution >= 0.6 is 38.9 Å². The molecule has 0 atom stereocenters. The van der Waals surface area contributed by atoms with Crippen molar-refractivity contribution in [1.29, 1.82) is 0 Å². The summed E-state index contributed by atoms with van der Waals surface area (Å²) in [5.74, 6) is 0. The van der Waals surface area contributed by atoms with Crippen molar-refractivity contribution in [2.24, 2.45) is 4.40 Å². The van der Waals surface area contributed by atoms with Gasteiger partial charge in [-0.3, -0.25) is 0 Å². The second kappa shape index (κ2) is 6.39. The number of hydrogen-bond donors (Lipinski definition) is 0. The minimum absolute atomic E-state index is 0.126. The normalized spacial score (nSPS) is 12.9. The Morgan fingerprint density at radius 2 is 1.91 bits per heavy atom. The lowest BCUT2D eigenvalue weighted by atomic mass is 10.3. The molecule has 3 aromatic rings. The van der Waals surface area contributed by atoms with Gasteiger partial charge in [-0.05, 0) is 59.3 Å². The first kappa shape index (κ1) is 16.7. The van der Waals surface area contributed by atoms with Gasteiger partial charge in [0.05, 0.1) is 15.1 Å². The fraction of sp³-hybridized carbons (Fsp3) is 0.133. The topological polar surface area (TPSA) is 51.4 Å². The van der Waals surface area contributed by atoms with Crippen LogP contribution in [0.3, 0.4) is 0 Å². The number of nitrogens with zero attached hydrogens (tertiary/aromatic N) is 2. The van der Waals surface area contributed by atoms with E-state index in [4.69, 9.17) is 11.6 Å². The Balaban J connectivity index is 2.25. The summed E-state index contributed by atoms with van der Waals surface area (Å²) < 4.78 is 32.8. The van der Waals surface area contributed by atoms with Gasteiger partial charge in [-0.15, -0.1) is 4.40 Å². The zero-order valence-electron chi connectivity index (χ0n) is 12.0. The molecule has 4 nitrogen and oxygen atoms in total. The van der Waals surface area contributed by atoms with Gasteiger partial charge in [-0.25, -0.2) is 0 Å². The van der Waals surface area contributed by atoms with E-state index in [1.54, 1.807) is 12.1 Å². The highest BCUT2D eigenvalue weighted by molar-refractivity contribution is 9.10. The zero-order chi connectivity index (χ0) is 16.6. The van der Waals surface area contributed by atoms with E-state index in [1.807, 2.05) is 29.7 Å². The van der Waals surface area contributed by atoms with E-state index in [-0.39, 0.29) is 4.90 Å². The van der Waals surface area contributed by atoms with E-state index < -0.39 is 10.0 Å². The second-order valence-corrected chi connectivity index (χ2v) is 8.64. The first-order valence-electron chi connectivity index (χ1n) is 6.77. The van der Waals surface area contributed by atoms with Crippen molar-refractivity contribution < 1.29 is 8.42 Å².